The number of carbonyl (C=O) groups is 2. The van der Waals surface area contributed by atoms with Crippen LogP contribution in [0.25, 0.3) is 0 Å². The second kappa shape index (κ2) is 8.85. The average Bonchev–Trinajstić information content (AvgIpc) is 3.04. The number of hydrogen-bond acceptors (Lipinski definition) is 5. The first kappa shape index (κ1) is 21.6. The summed E-state index contributed by atoms with van der Waals surface area (Å²) in [6.45, 7) is 6.09. The number of hydrogen-bond donors (Lipinski definition) is 1. The standard InChI is InChI=1S/C23H23ClN4O2S/c1-13(2)10-19-22(30)27-21-15-6-4-5-7-17(15)26-23(28(19)21)31-12-20(29)25-18-9-8-14(3)11-16(18)24/h4-9,11,13,19H,10,12H2,1-3H3,(H,25,29). The number of anilines is 1. The Hall–Kier alpha value is -2.64. The van der Waals surface area contributed by atoms with Crippen LogP contribution < -0.4 is 5.32 Å². The first-order chi connectivity index (χ1) is 14.8. The summed E-state index contributed by atoms with van der Waals surface area (Å²) in [5, 5.41) is 3.95. The number of halogens is 1. The molecule has 0 saturated heterocycles. The molecule has 0 fully saturated rings. The minimum Gasteiger partial charge on any atom is -0.324 e. The summed E-state index contributed by atoms with van der Waals surface area (Å²) < 4.78 is 0. The Morgan fingerprint density at radius 2 is 2.00 bits per heavy atom. The second-order valence-corrected chi connectivity index (χ2v) is 9.37. The molecule has 1 unspecified atom stereocenters. The first-order valence-corrected chi connectivity index (χ1v) is 11.5. The molecule has 2 aliphatic rings. The van der Waals surface area contributed by atoms with Gasteiger partial charge in [-0.1, -0.05) is 55.4 Å². The number of nitrogens with one attached hydrogen (secondary N) is 1. The Morgan fingerprint density at radius 1 is 1.23 bits per heavy atom. The number of fused-ring (bicyclic) bond motifs is 3. The lowest BCUT2D eigenvalue weighted by molar-refractivity contribution is -0.120. The van der Waals surface area contributed by atoms with Crippen molar-refractivity contribution in [1.29, 1.82) is 0 Å². The third-order valence-corrected chi connectivity index (χ3v) is 6.30. The lowest BCUT2D eigenvalue weighted by Crippen LogP contribution is -2.44. The van der Waals surface area contributed by atoms with Gasteiger partial charge in [-0.05, 0) is 49.1 Å². The number of para-hydroxylation sites is 1. The van der Waals surface area contributed by atoms with Gasteiger partial charge in [0.1, 0.15) is 11.9 Å². The van der Waals surface area contributed by atoms with E-state index in [1.165, 1.54) is 11.8 Å². The molecule has 6 nitrogen and oxygen atoms in total. The Morgan fingerprint density at radius 3 is 2.74 bits per heavy atom. The minimum absolute atomic E-state index is 0.136. The zero-order valence-electron chi connectivity index (χ0n) is 17.6. The number of rotatable bonds is 5. The highest BCUT2D eigenvalue weighted by molar-refractivity contribution is 8.14. The molecule has 0 aromatic heterocycles. The van der Waals surface area contributed by atoms with Gasteiger partial charge in [-0.3, -0.25) is 14.5 Å². The van der Waals surface area contributed by atoms with Crippen LogP contribution in [0.1, 0.15) is 31.4 Å². The van der Waals surface area contributed by atoms with Gasteiger partial charge < -0.3 is 5.32 Å². The van der Waals surface area contributed by atoms with Crippen LogP contribution in [-0.2, 0) is 9.59 Å². The van der Waals surface area contributed by atoms with Gasteiger partial charge in [0.25, 0.3) is 5.91 Å². The third-order valence-electron chi connectivity index (χ3n) is 5.03. The van der Waals surface area contributed by atoms with Crippen LogP contribution in [-0.4, -0.2) is 39.5 Å². The normalized spacial score (nSPS) is 17.3. The summed E-state index contributed by atoms with van der Waals surface area (Å²) in [6, 6.07) is 12.7. The SMILES string of the molecule is Cc1ccc(NC(=O)CSC2=Nc3ccccc3C3=NC(=O)C(CC(C)C)N23)c(Cl)c1. The molecule has 2 aromatic carbocycles. The quantitative estimate of drug-likeness (QED) is 0.687. The Balaban J connectivity index is 1.56. The van der Waals surface area contributed by atoms with E-state index in [2.05, 4.69) is 24.2 Å². The number of carbonyl (C=O) groups excluding carboxylic acids is 2. The van der Waals surface area contributed by atoms with Crippen LogP contribution >= 0.6 is 23.4 Å². The van der Waals surface area contributed by atoms with E-state index in [4.69, 9.17) is 16.6 Å². The van der Waals surface area contributed by atoms with Crippen molar-refractivity contribution in [2.75, 3.05) is 11.1 Å². The monoisotopic (exact) mass is 454 g/mol. The number of amidine groups is 2. The Kier molecular flexibility index (Phi) is 6.16. The van der Waals surface area contributed by atoms with Gasteiger partial charge in [0.05, 0.1) is 22.2 Å². The molecule has 4 rings (SSSR count). The molecule has 0 bridgehead atoms. The van der Waals surface area contributed by atoms with Crippen molar-refractivity contribution < 1.29 is 9.59 Å². The number of aliphatic imine (C=N–C) groups is 2. The zero-order valence-corrected chi connectivity index (χ0v) is 19.1. The third kappa shape index (κ3) is 4.52. The fraction of sp³-hybridized carbons (Fsp3) is 0.304. The van der Waals surface area contributed by atoms with E-state index in [9.17, 15) is 9.59 Å². The van der Waals surface area contributed by atoms with Gasteiger partial charge in [0, 0.05) is 5.56 Å². The van der Waals surface area contributed by atoms with E-state index < -0.39 is 6.04 Å². The van der Waals surface area contributed by atoms with Crippen molar-refractivity contribution in [1.82, 2.24) is 4.90 Å². The molecule has 2 heterocycles. The maximum Gasteiger partial charge on any atom is 0.270 e. The van der Waals surface area contributed by atoms with Gasteiger partial charge in [-0.15, -0.1) is 0 Å². The summed E-state index contributed by atoms with van der Waals surface area (Å²) >= 11 is 7.52. The molecule has 160 valence electrons. The van der Waals surface area contributed by atoms with Gasteiger partial charge in [-0.2, -0.15) is 4.99 Å². The van der Waals surface area contributed by atoms with Crippen LogP contribution in [0.15, 0.2) is 52.4 Å². The van der Waals surface area contributed by atoms with Crippen LogP contribution in [0.3, 0.4) is 0 Å². The molecule has 31 heavy (non-hydrogen) atoms. The highest BCUT2D eigenvalue weighted by Crippen LogP contribution is 2.35. The Bertz CT molecular complexity index is 1110. The van der Waals surface area contributed by atoms with Crippen molar-refractivity contribution in [2.45, 2.75) is 33.2 Å². The molecular formula is C23H23ClN4O2S. The summed E-state index contributed by atoms with van der Waals surface area (Å²) in [5.74, 6) is 0.716. The summed E-state index contributed by atoms with van der Waals surface area (Å²) in [7, 11) is 0. The zero-order chi connectivity index (χ0) is 22.1. The van der Waals surface area contributed by atoms with Crippen molar-refractivity contribution in [3.63, 3.8) is 0 Å². The average molecular weight is 455 g/mol. The van der Waals surface area contributed by atoms with E-state index in [1.54, 1.807) is 6.07 Å². The number of thioether (sulfide) groups is 1. The minimum atomic E-state index is -0.399. The van der Waals surface area contributed by atoms with E-state index in [-0.39, 0.29) is 17.6 Å². The van der Waals surface area contributed by atoms with Crippen LogP contribution in [0.2, 0.25) is 5.02 Å². The van der Waals surface area contributed by atoms with E-state index in [0.29, 0.717) is 34.1 Å². The van der Waals surface area contributed by atoms with Crippen molar-refractivity contribution in [2.24, 2.45) is 15.9 Å². The van der Waals surface area contributed by atoms with Crippen molar-refractivity contribution in [3.8, 4) is 0 Å². The molecule has 0 saturated carbocycles. The van der Waals surface area contributed by atoms with Crippen LogP contribution in [0.5, 0.6) is 0 Å². The molecule has 8 heteroatoms. The molecule has 1 N–H and O–H groups in total. The molecule has 0 radical (unpaired) electrons. The summed E-state index contributed by atoms with van der Waals surface area (Å²) in [5.41, 5.74) is 3.18. The predicted octanol–water partition coefficient (Wildman–Crippen LogP) is 5.02. The highest BCUT2D eigenvalue weighted by Gasteiger charge is 2.41. The van der Waals surface area contributed by atoms with E-state index >= 15 is 0 Å². The lowest BCUT2D eigenvalue weighted by Gasteiger charge is -2.31. The van der Waals surface area contributed by atoms with Gasteiger partial charge in [0.15, 0.2) is 5.17 Å². The number of aryl methyl sites for hydroxylation is 1. The van der Waals surface area contributed by atoms with Crippen molar-refractivity contribution in [3.05, 3.63) is 58.6 Å². The van der Waals surface area contributed by atoms with Gasteiger partial charge in [0.2, 0.25) is 5.91 Å². The smallest absolute Gasteiger partial charge is 0.270 e. The number of benzene rings is 2. The number of amides is 2. The largest absolute Gasteiger partial charge is 0.324 e. The van der Waals surface area contributed by atoms with Crippen LogP contribution in [0.4, 0.5) is 11.4 Å². The predicted molar refractivity (Wildman–Crippen MR) is 127 cm³/mol. The van der Waals surface area contributed by atoms with E-state index in [1.807, 2.05) is 48.2 Å². The Labute approximate surface area is 190 Å². The maximum atomic E-state index is 12.7. The first-order valence-electron chi connectivity index (χ1n) is 10.1. The number of nitrogens with zero attached hydrogens (tertiary/aromatic N) is 3. The highest BCUT2D eigenvalue weighted by atomic mass is 35.5. The second-order valence-electron chi connectivity index (χ2n) is 8.02. The maximum absolute atomic E-state index is 12.7. The van der Waals surface area contributed by atoms with Crippen LogP contribution in [0, 0.1) is 12.8 Å². The topological polar surface area (TPSA) is 74.1 Å². The molecule has 0 spiro atoms. The molecule has 1 atom stereocenters. The molecule has 2 aliphatic heterocycles. The van der Waals surface area contributed by atoms with E-state index in [0.717, 1.165) is 16.8 Å². The van der Waals surface area contributed by atoms with Gasteiger partial charge in [-0.25, -0.2) is 4.99 Å². The fourth-order valence-electron chi connectivity index (χ4n) is 3.61. The molecule has 2 amide bonds. The molecular weight excluding hydrogens is 432 g/mol. The van der Waals surface area contributed by atoms with Gasteiger partial charge >= 0.3 is 0 Å². The van der Waals surface area contributed by atoms with Crippen molar-refractivity contribution >= 4 is 57.6 Å². The summed E-state index contributed by atoms with van der Waals surface area (Å²) in [4.78, 5) is 36.3. The summed E-state index contributed by atoms with van der Waals surface area (Å²) in [6.07, 6.45) is 0.665. The molecule has 2 aromatic rings. The molecule has 0 aliphatic carbocycles. The lowest BCUT2D eigenvalue weighted by atomic mass is 10.0. The fourth-order valence-corrected chi connectivity index (χ4v) is 4.74.